The van der Waals surface area contributed by atoms with Crippen LogP contribution in [0.4, 0.5) is 5.69 Å². The molecule has 1 aromatic carbocycles. The number of nitrogens with zero attached hydrogens (tertiary/aromatic N) is 1. The number of carbonyl (C=O) groups excluding carboxylic acids is 2. The van der Waals surface area contributed by atoms with Gasteiger partial charge in [0.1, 0.15) is 9.75 Å². The number of benzene rings is 1. The standard InChI is InChI=1S/C20H13Cl6NO2/c21-14-15(22)19(24)13-9-6-8(12(13)18(14,23)20(19,25)26)10-11(9)17(29)27(16(10)28)7-4-2-1-3-5-7/h1-5,8-13H,6H2/t8-,9+,10-,11+,12-,13-,18-,19-/m1/s1. The molecule has 4 fully saturated rings. The summed E-state index contributed by atoms with van der Waals surface area (Å²) in [7, 11) is 0. The van der Waals surface area contributed by atoms with Crippen LogP contribution in [-0.2, 0) is 9.59 Å². The highest BCUT2D eigenvalue weighted by molar-refractivity contribution is 6.65. The maximum absolute atomic E-state index is 13.4. The average molecular weight is 512 g/mol. The third-order valence-corrected chi connectivity index (χ3v) is 12.1. The maximum atomic E-state index is 13.4. The van der Waals surface area contributed by atoms with Crippen LogP contribution in [0.2, 0.25) is 0 Å². The molecule has 0 unspecified atom stereocenters. The van der Waals surface area contributed by atoms with Gasteiger partial charge in [0.25, 0.3) is 0 Å². The number of amides is 2. The number of para-hydroxylation sites is 1. The molecule has 0 radical (unpaired) electrons. The van der Waals surface area contributed by atoms with Crippen LogP contribution in [-0.4, -0.2) is 25.9 Å². The summed E-state index contributed by atoms with van der Waals surface area (Å²) in [6, 6.07) is 8.95. The van der Waals surface area contributed by atoms with Crippen molar-refractivity contribution in [1.82, 2.24) is 0 Å². The minimum atomic E-state index is -1.63. The van der Waals surface area contributed by atoms with Crippen molar-refractivity contribution in [3.8, 4) is 0 Å². The Morgan fingerprint density at radius 2 is 1.24 bits per heavy atom. The molecule has 5 aliphatic rings. The molecule has 152 valence electrons. The van der Waals surface area contributed by atoms with Crippen molar-refractivity contribution in [3.63, 3.8) is 0 Å². The molecule has 3 saturated carbocycles. The lowest BCUT2D eigenvalue weighted by Gasteiger charge is -2.42. The van der Waals surface area contributed by atoms with Crippen molar-refractivity contribution in [2.24, 2.45) is 35.5 Å². The van der Waals surface area contributed by atoms with Crippen LogP contribution in [0.3, 0.4) is 0 Å². The molecule has 0 spiro atoms. The van der Waals surface area contributed by atoms with Gasteiger partial charge in [-0.2, -0.15) is 0 Å². The van der Waals surface area contributed by atoms with E-state index in [1.807, 2.05) is 6.07 Å². The molecular formula is C20H13Cl6NO2. The zero-order valence-corrected chi connectivity index (χ0v) is 19.1. The van der Waals surface area contributed by atoms with E-state index in [0.29, 0.717) is 12.1 Å². The number of rotatable bonds is 1. The van der Waals surface area contributed by atoms with Crippen LogP contribution >= 0.6 is 69.6 Å². The van der Waals surface area contributed by atoms with Gasteiger partial charge in [-0.15, -0.1) is 23.2 Å². The minimum Gasteiger partial charge on any atom is -0.274 e. The Morgan fingerprint density at radius 1 is 0.793 bits per heavy atom. The molecule has 1 heterocycles. The summed E-state index contributed by atoms with van der Waals surface area (Å²) in [6.07, 6.45) is 0.659. The Kier molecular flexibility index (Phi) is 3.77. The number of hydrogen-bond acceptors (Lipinski definition) is 2. The summed E-state index contributed by atoms with van der Waals surface area (Å²) < 4.78 is -1.63. The Balaban J connectivity index is 1.49. The summed E-state index contributed by atoms with van der Waals surface area (Å²) in [6.45, 7) is 0. The molecule has 1 aromatic rings. The SMILES string of the molecule is O=C1[C@@H]2[C@H]3C[C@@H]([C@@H]2C(=O)N1c1ccccc1)[C@@H]1[C@@H]3[C@@]2(Cl)C(Cl)=C(Cl)[C@@]1(Cl)C2(Cl)Cl. The molecule has 8 atom stereocenters. The van der Waals surface area contributed by atoms with Crippen molar-refractivity contribution in [2.45, 2.75) is 20.5 Å². The van der Waals surface area contributed by atoms with E-state index in [1.165, 1.54) is 4.90 Å². The second kappa shape index (κ2) is 5.60. The first kappa shape index (κ1) is 19.5. The molecule has 0 N–H and O–H groups in total. The molecular weight excluding hydrogens is 499 g/mol. The average Bonchev–Trinajstić information content (AvgIpc) is 3.39. The first-order chi connectivity index (χ1) is 13.6. The van der Waals surface area contributed by atoms with Crippen LogP contribution in [0.5, 0.6) is 0 Å². The first-order valence-corrected chi connectivity index (χ1v) is 11.6. The third kappa shape index (κ3) is 1.79. The largest absolute Gasteiger partial charge is 0.274 e. The van der Waals surface area contributed by atoms with Gasteiger partial charge in [-0.1, -0.05) is 64.6 Å². The van der Waals surface area contributed by atoms with E-state index in [1.54, 1.807) is 24.3 Å². The molecule has 29 heavy (non-hydrogen) atoms. The van der Waals surface area contributed by atoms with E-state index in [9.17, 15) is 9.59 Å². The van der Waals surface area contributed by atoms with Crippen LogP contribution in [0.1, 0.15) is 6.42 Å². The molecule has 1 saturated heterocycles. The minimum absolute atomic E-state index is 0.155. The predicted octanol–water partition coefficient (Wildman–Crippen LogP) is 5.52. The highest BCUT2D eigenvalue weighted by Crippen LogP contribution is 2.84. The molecule has 0 aromatic heterocycles. The van der Waals surface area contributed by atoms with Gasteiger partial charge < -0.3 is 0 Å². The van der Waals surface area contributed by atoms with Gasteiger partial charge in [0.2, 0.25) is 11.8 Å². The lowest BCUT2D eigenvalue weighted by atomic mass is 9.65. The second-order valence-electron chi connectivity index (χ2n) is 8.64. The third-order valence-electron chi connectivity index (χ3n) is 7.85. The summed E-state index contributed by atoms with van der Waals surface area (Å²) in [5.74, 6) is -2.39. The van der Waals surface area contributed by atoms with Crippen molar-refractivity contribution >= 4 is 87.1 Å². The summed E-state index contributed by atoms with van der Waals surface area (Å²) in [5, 5.41) is 0.311. The monoisotopic (exact) mass is 509 g/mol. The van der Waals surface area contributed by atoms with E-state index < -0.39 is 25.9 Å². The fraction of sp³-hybridized carbons (Fsp3) is 0.500. The number of anilines is 1. The number of allylic oxidation sites excluding steroid dienone is 2. The Labute approximate surface area is 197 Å². The van der Waals surface area contributed by atoms with Crippen LogP contribution in [0, 0.1) is 35.5 Å². The number of alkyl halides is 4. The predicted molar refractivity (Wildman–Crippen MR) is 115 cm³/mol. The Bertz CT molecular complexity index is 969. The molecule has 2 amide bonds. The zero-order chi connectivity index (χ0) is 20.7. The summed E-state index contributed by atoms with van der Waals surface area (Å²) >= 11 is 40.5. The highest BCUT2D eigenvalue weighted by atomic mass is 35.5. The highest BCUT2D eigenvalue weighted by Gasteiger charge is 2.88. The zero-order valence-electron chi connectivity index (χ0n) is 14.6. The van der Waals surface area contributed by atoms with E-state index in [0.717, 1.165) is 0 Å². The number of fused-ring (bicyclic) bond motifs is 12. The second-order valence-corrected chi connectivity index (χ2v) is 11.9. The molecule has 4 aliphatic carbocycles. The van der Waals surface area contributed by atoms with Crippen LogP contribution in [0.25, 0.3) is 0 Å². The fourth-order valence-electron chi connectivity index (χ4n) is 6.98. The van der Waals surface area contributed by atoms with E-state index in [2.05, 4.69) is 0 Å². The summed E-state index contributed by atoms with van der Waals surface area (Å²) in [4.78, 5) is 25.3. The number of imide groups is 1. The van der Waals surface area contributed by atoms with Crippen molar-refractivity contribution < 1.29 is 9.59 Å². The lowest BCUT2D eigenvalue weighted by molar-refractivity contribution is -0.123. The molecule has 4 bridgehead atoms. The van der Waals surface area contributed by atoms with E-state index >= 15 is 0 Å². The quantitative estimate of drug-likeness (QED) is 0.283. The van der Waals surface area contributed by atoms with E-state index in [-0.39, 0.29) is 45.6 Å². The van der Waals surface area contributed by atoms with Gasteiger partial charge in [-0.3, -0.25) is 14.5 Å². The van der Waals surface area contributed by atoms with Gasteiger partial charge in [-0.05, 0) is 42.2 Å². The molecule has 1 aliphatic heterocycles. The maximum Gasteiger partial charge on any atom is 0.237 e. The Morgan fingerprint density at radius 3 is 1.69 bits per heavy atom. The van der Waals surface area contributed by atoms with Crippen molar-refractivity contribution in [3.05, 3.63) is 40.4 Å². The smallest absolute Gasteiger partial charge is 0.237 e. The Hall–Kier alpha value is -0.160. The normalized spacial score (nSPS) is 48.7. The van der Waals surface area contributed by atoms with Crippen molar-refractivity contribution in [2.75, 3.05) is 4.90 Å². The van der Waals surface area contributed by atoms with Gasteiger partial charge in [0.15, 0.2) is 4.33 Å². The number of halogens is 6. The van der Waals surface area contributed by atoms with Crippen LogP contribution < -0.4 is 4.90 Å². The topological polar surface area (TPSA) is 37.4 Å². The van der Waals surface area contributed by atoms with Crippen LogP contribution in [0.15, 0.2) is 40.4 Å². The van der Waals surface area contributed by atoms with Crippen molar-refractivity contribution in [1.29, 1.82) is 0 Å². The van der Waals surface area contributed by atoms with Gasteiger partial charge in [0.05, 0.1) is 27.6 Å². The first-order valence-electron chi connectivity index (χ1n) is 9.34. The van der Waals surface area contributed by atoms with E-state index in [4.69, 9.17) is 69.6 Å². The summed E-state index contributed by atoms with van der Waals surface area (Å²) in [5.41, 5.74) is 0.573. The molecule has 6 rings (SSSR count). The molecule has 9 heteroatoms. The van der Waals surface area contributed by atoms with Gasteiger partial charge in [-0.25, -0.2) is 0 Å². The lowest BCUT2D eigenvalue weighted by Crippen LogP contribution is -2.46. The number of hydrogen-bond donors (Lipinski definition) is 0. The fourth-order valence-corrected chi connectivity index (χ4v) is 10.1. The molecule has 3 nitrogen and oxygen atoms in total. The van der Waals surface area contributed by atoms with Gasteiger partial charge >= 0.3 is 0 Å². The van der Waals surface area contributed by atoms with Gasteiger partial charge in [0, 0.05) is 0 Å². The number of carbonyl (C=O) groups is 2.